The van der Waals surface area contributed by atoms with Gasteiger partial charge in [-0.25, -0.2) is 0 Å². The van der Waals surface area contributed by atoms with Crippen molar-refractivity contribution in [2.45, 2.75) is 18.9 Å². The van der Waals surface area contributed by atoms with Crippen molar-refractivity contribution < 1.29 is 9.53 Å². The van der Waals surface area contributed by atoms with Crippen LogP contribution in [0.5, 0.6) is 0 Å². The predicted octanol–water partition coefficient (Wildman–Crippen LogP) is 0.810. The monoisotopic (exact) mass is 169 g/mol. The minimum Gasteiger partial charge on any atom is -0.460 e. The number of likely N-dealkylation sites (N-methyl/N-ethyl adjacent to an activating group) is 1. The predicted molar refractivity (Wildman–Crippen MR) is 46.8 cm³/mol. The SMILES string of the molecule is C=CCOC(=O)[C@H]1CCCN1C. The lowest BCUT2D eigenvalue weighted by Crippen LogP contribution is -2.34. The molecule has 0 amide bonds. The van der Waals surface area contributed by atoms with Gasteiger partial charge in [-0.2, -0.15) is 0 Å². The van der Waals surface area contributed by atoms with Crippen LogP contribution in [0.3, 0.4) is 0 Å². The van der Waals surface area contributed by atoms with Gasteiger partial charge in [-0.15, -0.1) is 0 Å². The number of ether oxygens (including phenoxy) is 1. The molecule has 0 radical (unpaired) electrons. The molecule has 0 N–H and O–H groups in total. The zero-order valence-corrected chi connectivity index (χ0v) is 7.45. The van der Waals surface area contributed by atoms with E-state index < -0.39 is 0 Å². The van der Waals surface area contributed by atoms with Crippen LogP contribution < -0.4 is 0 Å². The molecule has 1 atom stereocenters. The molecule has 3 heteroatoms. The summed E-state index contributed by atoms with van der Waals surface area (Å²) in [4.78, 5) is 13.3. The van der Waals surface area contributed by atoms with Crippen molar-refractivity contribution >= 4 is 5.97 Å². The fourth-order valence-electron chi connectivity index (χ4n) is 1.45. The van der Waals surface area contributed by atoms with E-state index in [-0.39, 0.29) is 12.0 Å². The lowest BCUT2D eigenvalue weighted by atomic mass is 10.2. The number of esters is 1. The van der Waals surface area contributed by atoms with Crippen LogP contribution >= 0.6 is 0 Å². The van der Waals surface area contributed by atoms with E-state index in [0.717, 1.165) is 19.4 Å². The number of carbonyl (C=O) groups is 1. The van der Waals surface area contributed by atoms with E-state index in [1.165, 1.54) is 0 Å². The van der Waals surface area contributed by atoms with Crippen LogP contribution in [-0.4, -0.2) is 37.1 Å². The number of likely N-dealkylation sites (tertiary alicyclic amines) is 1. The highest BCUT2D eigenvalue weighted by Crippen LogP contribution is 2.15. The van der Waals surface area contributed by atoms with Crippen LogP contribution in [0.25, 0.3) is 0 Å². The first-order valence-corrected chi connectivity index (χ1v) is 4.23. The Labute approximate surface area is 73.0 Å². The first-order valence-electron chi connectivity index (χ1n) is 4.23. The third-order valence-electron chi connectivity index (χ3n) is 2.14. The van der Waals surface area contributed by atoms with Gasteiger partial charge in [0.2, 0.25) is 0 Å². The normalized spacial score (nSPS) is 23.9. The molecule has 1 saturated heterocycles. The van der Waals surface area contributed by atoms with Crippen LogP contribution in [0.15, 0.2) is 12.7 Å². The highest BCUT2D eigenvalue weighted by Gasteiger charge is 2.28. The number of hydrogen-bond donors (Lipinski definition) is 0. The average Bonchev–Trinajstić information content (AvgIpc) is 2.47. The third-order valence-corrected chi connectivity index (χ3v) is 2.14. The zero-order valence-electron chi connectivity index (χ0n) is 7.45. The van der Waals surface area contributed by atoms with E-state index in [2.05, 4.69) is 6.58 Å². The molecule has 0 aromatic rings. The Hall–Kier alpha value is -0.830. The van der Waals surface area contributed by atoms with E-state index in [1.807, 2.05) is 11.9 Å². The maximum Gasteiger partial charge on any atom is 0.323 e. The van der Waals surface area contributed by atoms with Crippen LogP contribution in [0, 0.1) is 0 Å². The lowest BCUT2D eigenvalue weighted by molar-refractivity contribution is -0.147. The Morgan fingerprint density at radius 2 is 2.58 bits per heavy atom. The van der Waals surface area contributed by atoms with E-state index >= 15 is 0 Å². The third kappa shape index (κ3) is 2.08. The fraction of sp³-hybridized carbons (Fsp3) is 0.667. The Balaban J connectivity index is 2.35. The molecule has 0 unspecified atom stereocenters. The molecule has 0 aliphatic carbocycles. The molecule has 1 rings (SSSR count). The first kappa shape index (κ1) is 9.26. The van der Waals surface area contributed by atoms with Crippen molar-refractivity contribution in [2.24, 2.45) is 0 Å². The maximum absolute atomic E-state index is 11.3. The van der Waals surface area contributed by atoms with Crippen molar-refractivity contribution in [1.82, 2.24) is 4.90 Å². The molecule has 1 fully saturated rings. The minimum absolute atomic E-state index is 0.0232. The van der Waals surface area contributed by atoms with Gasteiger partial charge in [-0.1, -0.05) is 12.7 Å². The molecule has 0 saturated carbocycles. The number of rotatable bonds is 3. The first-order chi connectivity index (χ1) is 5.75. The molecule has 0 spiro atoms. The topological polar surface area (TPSA) is 29.5 Å². The second kappa shape index (κ2) is 4.26. The number of hydrogen-bond acceptors (Lipinski definition) is 3. The van der Waals surface area contributed by atoms with Crippen LogP contribution in [0.1, 0.15) is 12.8 Å². The molecule has 1 aliphatic rings. The Morgan fingerprint density at radius 3 is 3.08 bits per heavy atom. The standard InChI is InChI=1S/C9H15NO2/c1-3-7-12-9(11)8-5-4-6-10(8)2/h3,8H,1,4-7H2,2H3/t8-/m1/s1. The summed E-state index contributed by atoms with van der Waals surface area (Å²) >= 11 is 0. The summed E-state index contributed by atoms with van der Waals surface area (Å²) in [5, 5.41) is 0. The summed E-state index contributed by atoms with van der Waals surface area (Å²) in [6, 6.07) is -0.0232. The van der Waals surface area contributed by atoms with Gasteiger partial charge in [0.1, 0.15) is 12.6 Å². The van der Waals surface area contributed by atoms with Crippen LogP contribution in [0.4, 0.5) is 0 Å². The van der Waals surface area contributed by atoms with Crippen molar-refractivity contribution in [1.29, 1.82) is 0 Å². The Kier molecular flexibility index (Phi) is 3.29. The van der Waals surface area contributed by atoms with Gasteiger partial charge in [0.25, 0.3) is 0 Å². The van der Waals surface area contributed by atoms with Crippen molar-refractivity contribution in [3.63, 3.8) is 0 Å². The van der Waals surface area contributed by atoms with Gasteiger partial charge in [-0.3, -0.25) is 9.69 Å². The van der Waals surface area contributed by atoms with Crippen molar-refractivity contribution in [3.8, 4) is 0 Å². The molecular weight excluding hydrogens is 154 g/mol. The highest BCUT2D eigenvalue weighted by molar-refractivity contribution is 5.76. The van der Waals surface area contributed by atoms with E-state index in [1.54, 1.807) is 6.08 Å². The van der Waals surface area contributed by atoms with Gasteiger partial charge in [0, 0.05) is 0 Å². The van der Waals surface area contributed by atoms with Gasteiger partial charge in [0.05, 0.1) is 0 Å². The molecule has 12 heavy (non-hydrogen) atoms. The number of nitrogens with zero attached hydrogens (tertiary/aromatic N) is 1. The molecule has 68 valence electrons. The molecule has 0 aromatic carbocycles. The summed E-state index contributed by atoms with van der Waals surface area (Å²) in [7, 11) is 1.95. The van der Waals surface area contributed by atoms with Crippen LogP contribution in [-0.2, 0) is 9.53 Å². The van der Waals surface area contributed by atoms with E-state index in [0.29, 0.717) is 6.61 Å². The summed E-state index contributed by atoms with van der Waals surface area (Å²) in [5.74, 6) is -0.116. The van der Waals surface area contributed by atoms with Crippen molar-refractivity contribution in [3.05, 3.63) is 12.7 Å². The average molecular weight is 169 g/mol. The van der Waals surface area contributed by atoms with Crippen LogP contribution in [0.2, 0.25) is 0 Å². The molecule has 1 aliphatic heterocycles. The highest BCUT2D eigenvalue weighted by atomic mass is 16.5. The summed E-state index contributed by atoms with van der Waals surface area (Å²) < 4.78 is 4.95. The smallest absolute Gasteiger partial charge is 0.323 e. The van der Waals surface area contributed by atoms with Crippen molar-refractivity contribution in [2.75, 3.05) is 20.2 Å². The quantitative estimate of drug-likeness (QED) is 0.462. The number of carbonyl (C=O) groups excluding carboxylic acids is 1. The molecule has 0 aromatic heterocycles. The molecule has 3 nitrogen and oxygen atoms in total. The van der Waals surface area contributed by atoms with Gasteiger partial charge in [0.15, 0.2) is 0 Å². The molecule has 0 bridgehead atoms. The minimum atomic E-state index is -0.116. The largest absolute Gasteiger partial charge is 0.460 e. The fourth-order valence-corrected chi connectivity index (χ4v) is 1.45. The Bertz CT molecular complexity index is 179. The lowest BCUT2D eigenvalue weighted by Gasteiger charge is -2.16. The summed E-state index contributed by atoms with van der Waals surface area (Å²) in [6.07, 6.45) is 3.60. The summed E-state index contributed by atoms with van der Waals surface area (Å²) in [6.45, 7) is 4.80. The zero-order chi connectivity index (χ0) is 8.97. The second-order valence-electron chi connectivity index (χ2n) is 3.06. The summed E-state index contributed by atoms with van der Waals surface area (Å²) in [5.41, 5.74) is 0. The van der Waals surface area contributed by atoms with Gasteiger partial charge < -0.3 is 4.74 Å². The molecular formula is C9H15NO2. The molecule has 1 heterocycles. The maximum atomic E-state index is 11.3. The van der Waals surface area contributed by atoms with Gasteiger partial charge in [-0.05, 0) is 26.4 Å². The van der Waals surface area contributed by atoms with E-state index in [4.69, 9.17) is 4.74 Å². The second-order valence-corrected chi connectivity index (χ2v) is 3.06. The Morgan fingerprint density at radius 1 is 1.83 bits per heavy atom. The van der Waals surface area contributed by atoms with E-state index in [9.17, 15) is 4.79 Å². The van der Waals surface area contributed by atoms with Gasteiger partial charge >= 0.3 is 5.97 Å².